The zero-order valence-corrected chi connectivity index (χ0v) is 10.8. The second-order valence-corrected chi connectivity index (χ2v) is 5.23. The first-order chi connectivity index (χ1) is 8.93. The summed E-state index contributed by atoms with van der Waals surface area (Å²) in [6.45, 7) is 0. The topological polar surface area (TPSA) is 0 Å². The van der Waals surface area contributed by atoms with E-state index in [4.69, 9.17) is 0 Å². The van der Waals surface area contributed by atoms with E-state index in [-0.39, 0.29) is 0 Å². The summed E-state index contributed by atoms with van der Waals surface area (Å²) in [5.41, 5.74) is 4.58. The quantitative estimate of drug-likeness (QED) is 0.630. The Labute approximate surface area is 110 Å². The predicted octanol–water partition coefficient (Wildman–Crippen LogP) is 5.04. The Morgan fingerprint density at radius 3 is 2.61 bits per heavy atom. The first kappa shape index (κ1) is 11.5. The summed E-state index contributed by atoms with van der Waals surface area (Å²) in [4.78, 5) is 0. The van der Waals surface area contributed by atoms with E-state index in [9.17, 15) is 0 Å². The van der Waals surface area contributed by atoms with Crippen LogP contribution in [0.3, 0.4) is 0 Å². The lowest BCUT2D eigenvalue weighted by molar-refractivity contribution is 0.735. The smallest absolute Gasteiger partial charge is 0.00583 e. The van der Waals surface area contributed by atoms with Gasteiger partial charge in [-0.15, -0.1) is 0 Å². The summed E-state index contributed by atoms with van der Waals surface area (Å²) in [7, 11) is 0. The van der Waals surface area contributed by atoms with Gasteiger partial charge in [-0.2, -0.15) is 0 Å². The van der Waals surface area contributed by atoms with Gasteiger partial charge < -0.3 is 0 Å². The molecule has 1 atom stereocenters. The molecule has 0 radical (unpaired) electrons. The highest BCUT2D eigenvalue weighted by atomic mass is 14.2. The van der Waals surface area contributed by atoms with Crippen LogP contribution in [0.2, 0.25) is 0 Å². The summed E-state index contributed by atoms with van der Waals surface area (Å²) in [5, 5.41) is 0. The highest BCUT2D eigenvalue weighted by Crippen LogP contribution is 2.33. The molecule has 3 aliphatic rings. The van der Waals surface area contributed by atoms with Crippen molar-refractivity contribution in [2.75, 3.05) is 0 Å². The number of hydrogen-bond acceptors (Lipinski definition) is 0. The van der Waals surface area contributed by atoms with Crippen molar-refractivity contribution in [2.24, 2.45) is 5.92 Å². The van der Waals surface area contributed by atoms with Crippen molar-refractivity contribution in [3.8, 4) is 0 Å². The molecule has 18 heavy (non-hydrogen) atoms. The number of hydrogen-bond donors (Lipinski definition) is 0. The molecule has 0 aromatic carbocycles. The van der Waals surface area contributed by atoms with Crippen LogP contribution in [-0.2, 0) is 0 Å². The number of rotatable bonds is 2. The maximum atomic E-state index is 2.41. The maximum Gasteiger partial charge on any atom is 0.00583 e. The molecule has 0 N–H and O–H groups in total. The third kappa shape index (κ3) is 2.48. The van der Waals surface area contributed by atoms with Gasteiger partial charge in [-0.3, -0.25) is 0 Å². The van der Waals surface area contributed by atoms with Gasteiger partial charge in [0.15, 0.2) is 0 Å². The molecular weight excluding hydrogens is 216 g/mol. The van der Waals surface area contributed by atoms with Crippen molar-refractivity contribution < 1.29 is 0 Å². The van der Waals surface area contributed by atoms with Gasteiger partial charge in [0.05, 0.1) is 0 Å². The molecule has 3 rings (SSSR count). The minimum absolute atomic E-state index is 0.591. The van der Waals surface area contributed by atoms with E-state index in [0.717, 1.165) is 0 Å². The molecule has 0 saturated carbocycles. The fourth-order valence-electron chi connectivity index (χ4n) is 2.92. The SMILES string of the molecule is C1=CCCC(C2=CC=CC(C3=CCCC=C3)C2)=C1. The monoisotopic (exact) mass is 236 g/mol. The molecule has 0 aliphatic heterocycles. The zero-order valence-electron chi connectivity index (χ0n) is 10.8. The average molecular weight is 236 g/mol. The lowest BCUT2D eigenvalue weighted by Gasteiger charge is -2.23. The van der Waals surface area contributed by atoms with Gasteiger partial charge in [-0.05, 0) is 48.8 Å². The van der Waals surface area contributed by atoms with Crippen molar-refractivity contribution >= 4 is 0 Å². The minimum atomic E-state index is 0.591. The van der Waals surface area contributed by atoms with Gasteiger partial charge in [-0.1, -0.05) is 54.7 Å². The molecular formula is C18H20. The van der Waals surface area contributed by atoms with Gasteiger partial charge in [0, 0.05) is 5.92 Å². The molecule has 0 saturated heterocycles. The van der Waals surface area contributed by atoms with Crippen molar-refractivity contribution in [1.82, 2.24) is 0 Å². The Morgan fingerprint density at radius 1 is 0.889 bits per heavy atom. The first-order valence-electron chi connectivity index (χ1n) is 7.03. The van der Waals surface area contributed by atoms with E-state index in [1.54, 1.807) is 0 Å². The van der Waals surface area contributed by atoms with Crippen LogP contribution in [-0.4, -0.2) is 0 Å². The van der Waals surface area contributed by atoms with Gasteiger partial charge >= 0.3 is 0 Å². The largest absolute Gasteiger partial charge is 0.0842 e. The zero-order chi connectivity index (χ0) is 12.2. The highest BCUT2D eigenvalue weighted by Gasteiger charge is 2.17. The molecule has 0 spiro atoms. The summed E-state index contributed by atoms with van der Waals surface area (Å²) in [6.07, 6.45) is 26.7. The van der Waals surface area contributed by atoms with Crippen LogP contribution in [0, 0.1) is 5.92 Å². The molecule has 92 valence electrons. The van der Waals surface area contributed by atoms with Gasteiger partial charge in [-0.25, -0.2) is 0 Å². The van der Waals surface area contributed by atoms with Crippen molar-refractivity contribution in [3.05, 3.63) is 71.4 Å². The lowest BCUT2D eigenvalue weighted by Crippen LogP contribution is -2.07. The van der Waals surface area contributed by atoms with Crippen molar-refractivity contribution in [1.29, 1.82) is 0 Å². The van der Waals surface area contributed by atoms with Crippen LogP contribution in [0.4, 0.5) is 0 Å². The van der Waals surface area contributed by atoms with E-state index in [2.05, 4.69) is 54.7 Å². The van der Waals surface area contributed by atoms with Crippen LogP contribution in [0.1, 0.15) is 32.1 Å². The fraction of sp³-hybridized carbons (Fsp3) is 0.333. The molecule has 0 nitrogen and oxygen atoms in total. The first-order valence-corrected chi connectivity index (χ1v) is 7.03. The average Bonchev–Trinajstić information content (AvgIpc) is 2.49. The van der Waals surface area contributed by atoms with Gasteiger partial charge in [0.2, 0.25) is 0 Å². The van der Waals surface area contributed by atoms with Crippen molar-refractivity contribution in [2.45, 2.75) is 32.1 Å². The molecule has 0 fully saturated rings. The van der Waals surface area contributed by atoms with E-state index in [1.165, 1.54) is 48.8 Å². The minimum Gasteiger partial charge on any atom is -0.0842 e. The Morgan fingerprint density at radius 2 is 1.83 bits per heavy atom. The summed E-state index contributed by atoms with van der Waals surface area (Å²) in [5.74, 6) is 0.591. The molecule has 0 amide bonds. The van der Waals surface area contributed by atoms with Crippen LogP contribution in [0.5, 0.6) is 0 Å². The van der Waals surface area contributed by atoms with Gasteiger partial charge in [0.25, 0.3) is 0 Å². The fourth-order valence-corrected chi connectivity index (χ4v) is 2.92. The third-order valence-electron chi connectivity index (χ3n) is 3.96. The van der Waals surface area contributed by atoms with E-state index < -0.39 is 0 Å². The summed E-state index contributed by atoms with van der Waals surface area (Å²) < 4.78 is 0. The Balaban J connectivity index is 1.76. The van der Waals surface area contributed by atoms with Gasteiger partial charge in [0.1, 0.15) is 0 Å². The summed E-state index contributed by atoms with van der Waals surface area (Å²) >= 11 is 0. The predicted molar refractivity (Wildman–Crippen MR) is 78.2 cm³/mol. The standard InChI is InChI=1S/C18H20/c1-3-8-15(9-4-1)17-12-7-13-18(14-17)16-10-5-2-6-11-16/h1,3,5,7-8,10-13,18H,2,4,6,9,14H2. The molecule has 0 heteroatoms. The van der Waals surface area contributed by atoms with E-state index >= 15 is 0 Å². The molecule has 0 aromatic rings. The van der Waals surface area contributed by atoms with Crippen LogP contribution >= 0.6 is 0 Å². The van der Waals surface area contributed by atoms with Crippen LogP contribution < -0.4 is 0 Å². The second kappa shape index (κ2) is 5.39. The maximum absolute atomic E-state index is 2.41. The Hall–Kier alpha value is -1.56. The Bertz CT molecular complexity index is 492. The Kier molecular flexibility index (Phi) is 3.45. The molecule has 0 aromatic heterocycles. The van der Waals surface area contributed by atoms with E-state index in [1.807, 2.05) is 0 Å². The highest BCUT2D eigenvalue weighted by molar-refractivity contribution is 5.43. The molecule has 0 bridgehead atoms. The molecule has 1 unspecified atom stereocenters. The normalized spacial score (nSPS) is 26.7. The second-order valence-electron chi connectivity index (χ2n) is 5.23. The summed E-state index contributed by atoms with van der Waals surface area (Å²) in [6, 6.07) is 0. The van der Waals surface area contributed by atoms with Crippen LogP contribution in [0.25, 0.3) is 0 Å². The molecule has 3 aliphatic carbocycles. The van der Waals surface area contributed by atoms with E-state index in [0.29, 0.717) is 5.92 Å². The van der Waals surface area contributed by atoms with Crippen LogP contribution in [0.15, 0.2) is 71.4 Å². The third-order valence-corrected chi connectivity index (χ3v) is 3.96. The number of allylic oxidation sites excluding steroid dienone is 12. The van der Waals surface area contributed by atoms with Crippen molar-refractivity contribution in [3.63, 3.8) is 0 Å². The molecule has 0 heterocycles. The lowest BCUT2D eigenvalue weighted by atomic mass is 9.82.